The van der Waals surface area contributed by atoms with Gasteiger partial charge in [-0.15, -0.1) is 6.42 Å². The van der Waals surface area contributed by atoms with Crippen molar-refractivity contribution in [2.24, 2.45) is 0 Å². The molecule has 7 heteroatoms. The maximum atomic E-state index is 13.9. The monoisotopic (exact) mass is 505 g/mol. The lowest BCUT2D eigenvalue weighted by Gasteiger charge is -2.37. The van der Waals surface area contributed by atoms with Crippen LogP contribution in [0, 0.1) is 26.2 Å². The number of carbonyl (C=O) groups excluding carboxylic acids is 3. The zero-order valence-electron chi connectivity index (χ0n) is 23.1. The van der Waals surface area contributed by atoms with Crippen molar-refractivity contribution in [3.8, 4) is 12.3 Å². The van der Waals surface area contributed by atoms with E-state index in [0.717, 1.165) is 11.1 Å². The third-order valence-electron chi connectivity index (χ3n) is 6.07. The number of nitrogens with one attached hydrogen (secondary N) is 2. The topological polar surface area (TPSA) is 87.7 Å². The molecule has 2 N–H and O–H groups in total. The molecule has 7 nitrogen and oxygen atoms in total. The Bertz CT molecular complexity index is 1140. The quantitative estimate of drug-likeness (QED) is 0.464. The van der Waals surface area contributed by atoms with Gasteiger partial charge in [-0.2, -0.15) is 0 Å². The fraction of sp³-hybridized carbons (Fsp3) is 0.433. The van der Waals surface area contributed by atoms with Crippen molar-refractivity contribution in [3.05, 3.63) is 64.7 Å². The molecular weight excluding hydrogens is 466 g/mol. The second-order valence-electron chi connectivity index (χ2n) is 10.3. The number of para-hydroxylation sites is 1. The molecule has 0 bridgehead atoms. The fourth-order valence-electron chi connectivity index (χ4n) is 3.97. The summed E-state index contributed by atoms with van der Waals surface area (Å²) in [6, 6.07) is 10.6. The Morgan fingerprint density at radius 1 is 1.03 bits per heavy atom. The molecule has 0 radical (unpaired) electrons. The molecule has 0 aliphatic heterocycles. The molecule has 0 aromatic heterocycles. The summed E-state index contributed by atoms with van der Waals surface area (Å²) in [4.78, 5) is 41.7. The van der Waals surface area contributed by atoms with E-state index in [4.69, 9.17) is 11.2 Å². The fourth-order valence-corrected chi connectivity index (χ4v) is 3.97. The number of amides is 3. The molecule has 3 unspecified atom stereocenters. The van der Waals surface area contributed by atoms with Gasteiger partial charge in [0.25, 0.3) is 5.91 Å². The minimum absolute atomic E-state index is 0.309. The van der Waals surface area contributed by atoms with Crippen LogP contribution < -0.4 is 10.6 Å². The predicted octanol–water partition coefficient (Wildman–Crippen LogP) is 5.50. The number of carbonyl (C=O) groups is 3. The van der Waals surface area contributed by atoms with Gasteiger partial charge in [0.1, 0.15) is 17.7 Å². The number of ether oxygens (including phenoxy) is 1. The average Bonchev–Trinajstić information content (AvgIpc) is 2.82. The molecule has 3 atom stereocenters. The van der Waals surface area contributed by atoms with Crippen LogP contribution in [0.15, 0.2) is 42.5 Å². The van der Waals surface area contributed by atoms with Crippen LogP contribution in [0.4, 0.5) is 10.5 Å². The van der Waals surface area contributed by atoms with E-state index >= 15 is 0 Å². The van der Waals surface area contributed by atoms with Crippen molar-refractivity contribution in [1.29, 1.82) is 0 Å². The Morgan fingerprint density at radius 2 is 1.59 bits per heavy atom. The van der Waals surface area contributed by atoms with Crippen LogP contribution in [0.3, 0.4) is 0 Å². The van der Waals surface area contributed by atoms with Gasteiger partial charge in [0.05, 0.1) is 0 Å². The highest BCUT2D eigenvalue weighted by atomic mass is 16.6. The van der Waals surface area contributed by atoms with Crippen molar-refractivity contribution in [2.75, 3.05) is 5.32 Å². The largest absolute Gasteiger partial charge is 0.444 e. The first-order chi connectivity index (χ1) is 17.3. The Morgan fingerprint density at radius 3 is 2.08 bits per heavy atom. The van der Waals surface area contributed by atoms with E-state index in [1.165, 1.54) is 4.90 Å². The standard InChI is InChI=1S/C30H39N3O4/c1-10-21(5)33(28(35)22(6)31-29(36)37-30(7,8)9)26(24-17-15-23(11-2)16-18-24)27(34)32-25-19(3)13-12-14-20(25)4/h2,12-18,21-22,26H,10H2,1,3-9H3,(H,31,36)(H,32,34). The van der Waals surface area contributed by atoms with Gasteiger partial charge < -0.3 is 20.3 Å². The number of terminal acetylenes is 1. The lowest BCUT2D eigenvalue weighted by molar-refractivity contribution is -0.143. The van der Waals surface area contributed by atoms with E-state index in [1.54, 1.807) is 52.0 Å². The van der Waals surface area contributed by atoms with Crippen LogP contribution in [0.1, 0.15) is 76.3 Å². The number of benzene rings is 2. The van der Waals surface area contributed by atoms with Gasteiger partial charge in [0.15, 0.2) is 0 Å². The summed E-state index contributed by atoms with van der Waals surface area (Å²) in [6.45, 7) is 14.5. The van der Waals surface area contributed by atoms with E-state index < -0.39 is 29.7 Å². The lowest BCUT2D eigenvalue weighted by Crippen LogP contribution is -2.53. The lowest BCUT2D eigenvalue weighted by atomic mass is 9.98. The van der Waals surface area contributed by atoms with E-state index in [1.807, 2.05) is 45.9 Å². The molecule has 0 aliphatic rings. The van der Waals surface area contributed by atoms with Gasteiger partial charge in [-0.1, -0.05) is 43.2 Å². The minimum atomic E-state index is -0.962. The molecule has 2 aromatic rings. The van der Waals surface area contributed by atoms with Gasteiger partial charge in [0.2, 0.25) is 5.91 Å². The Labute approximate surface area is 221 Å². The van der Waals surface area contributed by atoms with E-state index in [-0.39, 0.29) is 11.9 Å². The van der Waals surface area contributed by atoms with Gasteiger partial charge >= 0.3 is 6.09 Å². The molecule has 198 valence electrons. The van der Waals surface area contributed by atoms with E-state index in [2.05, 4.69) is 16.6 Å². The van der Waals surface area contributed by atoms with Crippen LogP contribution in [-0.4, -0.2) is 40.5 Å². The highest BCUT2D eigenvalue weighted by Crippen LogP contribution is 2.29. The normalized spacial score (nSPS) is 13.5. The van der Waals surface area contributed by atoms with Gasteiger partial charge in [-0.25, -0.2) is 4.79 Å². The van der Waals surface area contributed by atoms with E-state index in [9.17, 15) is 14.4 Å². The van der Waals surface area contributed by atoms with Gasteiger partial charge in [-0.05, 0) is 83.7 Å². The first-order valence-corrected chi connectivity index (χ1v) is 12.5. The first kappa shape index (κ1) is 29.4. The summed E-state index contributed by atoms with van der Waals surface area (Å²) in [5, 5.41) is 5.66. The van der Waals surface area contributed by atoms with Crippen molar-refractivity contribution >= 4 is 23.6 Å². The summed E-state index contributed by atoms with van der Waals surface area (Å²) in [6.07, 6.45) is 5.43. The molecule has 3 amide bonds. The van der Waals surface area contributed by atoms with Crippen LogP contribution >= 0.6 is 0 Å². The van der Waals surface area contributed by atoms with Gasteiger partial charge in [-0.3, -0.25) is 9.59 Å². The number of aryl methyl sites for hydroxylation is 2. The average molecular weight is 506 g/mol. The summed E-state index contributed by atoms with van der Waals surface area (Å²) in [5.41, 5.74) is 3.09. The van der Waals surface area contributed by atoms with Crippen LogP contribution in [0.2, 0.25) is 0 Å². The number of alkyl carbamates (subject to hydrolysis) is 1. The number of hydrogen-bond donors (Lipinski definition) is 2. The molecule has 2 aromatic carbocycles. The highest BCUT2D eigenvalue weighted by molar-refractivity contribution is 6.00. The molecule has 37 heavy (non-hydrogen) atoms. The van der Waals surface area contributed by atoms with Crippen molar-refractivity contribution in [1.82, 2.24) is 10.2 Å². The van der Waals surface area contributed by atoms with E-state index in [0.29, 0.717) is 23.2 Å². The first-order valence-electron chi connectivity index (χ1n) is 12.5. The van der Waals surface area contributed by atoms with Gasteiger partial charge in [0, 0.05) is 17.3 Å². The second kappa shape index (κ2) is 12.4. The molecular formula is C30H39N3O4. The second-order valence-corrected chi connectivity index (χ2v) is 10.3. The third-order valence-corrected chi connectivity index (χ3v) is 6.07. The highest BCUT2D eigenvalue weighted by Gasteiger charge is 2.37. The van der Waals surface area contributed by atoms with Crippen LogP contribution in [0.25, 0.3) is 0 Å². The Kier molecular flexibility index (Phi) is 9.90. The Hall–Kier alpha value is -3.79. The summed E-state index contributed by atoms with van der Waals surface area (Å²) in [5.74, 6) is 1.82. The molecule has 0 saturated heterocycles. The molecule has 0 spiro atoms. The maximum absolute atomic E-state index is 13.9. The molecule has 0 saturated carbocycles. The smallest absolute Gasteiger partial charge is 0.408 e. The number of hydrogen-bond acceptors (Lipinski definition) is 4. The van der Waals surface area contributed by atoms with Crippen LogP contribution in [-0.2, 0) is 14.3 Å². The SMILES string of the molecule is C#Cc1ccc(C(C(=O)Nc2c(C)cccc2C)N(C(=O)C(C)NC(=O)OC(C)(C)C)C(C)CC)cc1. The molecule has 2 rings (SSSR count). The molecule has 0 fully saturated rings. The summed E-state index contributed by atoms with van der Waals surface area (Å²) >= 11 is 0. The molecule has 0 aliphatic carbocycles. The van der Waals surface area contributed by atoms with Crippen molar-refractivity contribution < 1.29 is 19.1 Å². The number of nitrogens with zero attached hydrogens (tertiary/aromatic N) is 1. The minimum Gasteiger partial charge on any atom is -0.444 e. The predicted molar refractivity (Wildman–Crippen MR) is 147 cm³/mol. The van der Waals surface area contributed by atoms with Crippen molar-refractivity contribution in [2.45, 2.75) is 85.5 Å². The van der Waals surface area contributed by atoms with Crippen LogP contribution in [0.5, 0.6) is 0 Å². The summed E-state index contributed by atoms with van der Waals surface area (Å²) in [7, 11) is 0. The zero-order valence-corrected chi connectivity index (χ0v) is 23.1. The zero-order chi connectivity index (χ0) is 27.9. The maximum Gasteiger partial charge on any atom is 0.408 e. The number of rotatable bonds is 8. The Balaban J connectivity index is 2.52. The molecule has 0 heterocycles. The summed E-state index contributed by atoms with van der Waals surface area (Å²) < 4.78 is 5.33. The van der Waals surface area contributed by atoms with Crippen molar-refractivity contribution in [3.63, 3.8) is 0 Å². The number of anilines is 1. The third kappa shape index (κ3) is 7.85.